The van der Waals surface area contributed by atoms with Gasteiger partial charge in [-0.3, -0.25) is 4.90 Å². The molecule has 0 radical (unpaired) electrons. The van der Waals surface area contributed by atoms with Crippen LogP contribution >= 0.6 is 11.6 Å². The van der Waals surface area contributed by atoms with E-state index in [2.05, 4.69) is 23.1 Å². The Labute approximate surface area is 202 Å². The SMILES string of the molecule is CCOC(=O)/C=C/c1ccccc1[C@@H](C)OC[C@H](O)CN1CCC[C@H]1CC1=CCC(Cl)C=C1. The Morgan fingerprint density at radius 3 is 2.94 bits per heavy atom. The molecule has 1 saturated heterocycles. The third-order valence-electron chi connectivity index (χ3n) is 6.20. The first-order valence-electron chi connectivity index (χ1n) is 11.9. The standard InChI is InChI=1S/C27H36ClNO4/c1-3-32-27(31)15-12-22-7-4-5-9-26(22)20(2)33-19-25(30)18-29-16-6-8-24(29)17-21-10-13-23(28)14-11-21/h4-5,7,9-13,15,20,23-25,30H,3,6,8,14,16-19H2,1-2H3/b15-12+/t20-,23?,24+,25-/m1/s1. The van der Waals surface area contributed by atoms with E-state index >= 15 is 0 Å². The van der Waals surface area contributed by atoms with E-state index in [1.807, 2.05) is 31.2 Å². The molecule has 1 aromatic rings. The second-order valence-electron chi connectivity index (χ2n) is 8.73. The Bertz CT molecular complexity index is 865. The molecule has 180 valence electrons. The first-order chi connectivity index (χ1) is 16.0. The number of benzene rings is 1. The van der Waals surface area contributed by atoms with Gasteiger partial charge in [0.15, 0.2) is 0 Å². The van der Waals surface area contributed by atoms with Crippen LogP contribution < -0.4 is 0 Å². The Hall–Kier alpha value is -1.92. The lowest BCUT2D eigenvalue weighted by molar-refractivity contribution is -0.137. The van der Waals surface area contributed by atoms with Crippen molar-refractivity contribution in [3.05, 3.63) is 65.3 Å². The molecule has 0 amide bonds. The molecule has 1 aromatic carbocycles. The summed E-state index contributed by atoms with van der Waals surface area (Å²) in [7, 11) is 0. The number of aliphatic hydroxyl groups excluding tert-OH is 1. The molecular weight excluding hydrogens is 438 g/mol. The third kappa shape index (κ3) is 8.11. The maximum atomic E-state index is 11.7. The van der Waals surface area contributed by atoms with Crippen molar-refractivity contribution < 1.29 is 19.4 Å². The summed E-state index contributed by atoms with van der Waals surface area (Å²) in [5, 5.41) is 10.8. The minimum Gasteiger partial charge on any atom is -0.463 e. The van der Waals surface area contributed by atoms with Gasteiger partial charge in [0.25, 0.3) is 0 Å². The fraction of sp³-hybridized carbons (Fsp3) is 0.519. The second-order valence-corrected chi connectivity index (χ2v) is 9.29. The van der Waals surface area contributed by atoms with Crippen LogP contribution in [0.25, 0.3) is 6.08 Å². The number of nitrogens with zero attached hydrogens (tertiary/aromatic N) is 1. The molecular formula is C27H36ClNO4. The van der Waals surface area contributed by atoms with Crippen molar-refractivity contribution in [1.29, 1.82) is 0 Å². The summed E-state index contributed by atoms with van der Waals surface area (Å²) in [6.45, 7) is 5.98. The summed E-state index contributed by atoms with van der Waals surface area (Å²) in [4.78, 5) is 14.0. The molecule has 1 aliphatic carbocycles. The Kier molecular flexibility index (Phi) is 10.2. The van der Waals surface area contributed by atoms with Gasteiger partial charge in [-0.2, -0.15) is 0 Å². The van der Waals surface area contributed by atoms with Crippen LogP contribution in [-0.4, -0.2) is 59.8 Å². The van der Waals surface area contributed by atoms with Gasteiger partial charge in [-0.25, -0.2) is 4.79 Å². The molecule has 1 aliphatic heterocycles. The number of allylic oxidation sites excluding steroid dienone is 3. The lowest BCUT2D eigenvalue weighted by atomic mass is 9.98. The Morgan fingerprint density at radius 2 is 2.18 bits per heavy atom. The number of aliphatic hydroxyl groups is 1. The molecule has 3 rings (SSSR count). The first-order valence-corrected chi connectivity index (χ1v) is 12.4. The predicted molar refractivity (Wildman–Crippen MR) is 133 cm³/mol. The zero-order chi connectivity index (χ0) is 23.6. The van der Waals surface area contributed by atoms with E-state index in [9.17, 15) is 9.90 Å². The van der Waals surface area contributed by atoms with E-state index in [-0.39, 0.29) is 24.1 Å². The van der Waals surface area contributed by atoms with Gasteiger partial charge in [-0.1, -0.05) is 48.1 Å². The number of esters is 1. The minimum absolute atomic E-state index is 0.111. The average Bonchev–Trinajstić information content (AvgIpc) is 3.24. The van der Waals surface area contributed by atoms with Crippen molar-refractivity contribution >= 4 is 23.6 Å². The highest BCUT2D eigenvalue weighted by Gasteiger charge is 2.27. The highest BCUT2D eigenvalue weighted by atomic mass is 35.5. The minimum atomic E-state index is -0.557. The van der Waals surface area contributed by atoms with Gasteiger partial charge in [0.1, 0.15) is 0 Å². The van der Waals surface area contributed by atoms with E-state index in [4.69, 9.17) is 21.1 Å². The molecule has 33 heavy (non-hydrogen) atoms. The zero-order valence-corrected chi connectivity index (χ0v) is 20.4. The summed E-state index contributed by atoms with van der Waals surface area (Å²) >= 11 is 6.14. The van der Waals surface area contributed by atoms with Gasteiger partial charge in [-0.15, -0.1) is 11.6 Å². The molecule has 0 spiro atoms. The van der Waals surface area contributed by atoms with Crippen LogP contribution in [-0.2, 0) is 14.3 Å². The summed E-state index contributed by atoms with van der Waals surface area (Å²) < 4.78 is 11.0. The molecule has 0 aromatic heterocycles. The second kappa shape index (κ2) is 13.1. The number of likely N-dealkylation sites (tertiary alicyclic amines) is 1. The van der Waals surface area contributed by atoms with Crippen LogP contribution in [0.15, 0.2) is 54.1 Å². The molecule has 5 nitrogen and oxygen atoms in total. The lowest BCUT2D eigenvalue weighted by Gasteiger charge is -2.28. The fourth-order valence-electron chi connectivity index (χ4n) is 4.48. The molecule has 2 aliphatic rings. The van der Waals surface area contributed by atoms with Gasteiger partial charge < -0.3 is 14.6 Å². The van der Waals surface area contributed by atoms with E-state index in [1.165, 1.54) is 11.6 Å². The highest BCUT2D eigenvalue weighted by molar-refractivity contribution is 6.22. The maximum Gasteiger partial charge on any atom is 0.330 e. The van der Waals surface area contributed by atoms with E-state index < -0.39 is 6.10 Å². The number of hydrogen-bond donors (Lipinski definition) is 1. The van der Waals surface area contributed by atoms with E-state index in [0.29, 0.717) is 19.2 Å². The van der Waals surface area contributed by atoms with E-state index in [1.54, 1.807) is 13.0 Å². The fourth-order valence-corrected chi connectivity index (χ4v) is 4.64. The number of alkyl halides is 1. The highest BCUT2D eigenvalue weighted by Crippen LogP contribution is 2.27. The van der Waals surface area contributed by atoms with Gasteiger partial charge in [0.2, 0.25) is 0 Å². The van der Waals surface area contributed by atoms with Crippen LogP contribution in [0, 0.1) is 0 Å². The quantitative estimate of drug-likeness (QED) is 0.277. The number of β-amino-alcohol motifs (C(OH)–C–C–N with tert-alkyl or cyclic N) is 1. The van der Waals surface area contributed by atoms with Crippen LogP contribution in [0.3, 0.4) is 0 Å². The number of halogens is 1. The lowest BCUT2D eigenvalue weighted by Crippen LogP contribution is -2.38. The Balaban J connectivity index is 1.50. The number of rotatable bonds is 11. The zero-order valence-electron chi connectivity index (χ0n) is 19.7. The first kappa shape index (κ1) is 25.7. The normalized spacial score (nSPS) is 23.0. The Morgan fingerprint density at radius 1 is 1.36 bits per heavy atom. The summed E-state index contributed by atoms with van der Waals surface area (Å²) in [6, 6.07) is 8.25. The van der Waals surface area contributed by atoms with Gasteiger partial charge >= 0.3 is 5.97 Å². The molecule has 1 heterocycles. The average molecular weight is 474 g/mol. The molecule has 1 fully saturated rings. The smallest absolute Gasteiger partial charge is 0.330 e. The third-order valence-corrected chi connectivity index (χ3v) is 6.52. The molecule has 1 N–H and O–H groups in total. The topological polar surface area (TPSA) is 59.0 Å². The largest absolute Gasteiger partial charge is 0.463 e. The molecule has 0 bridgehead atoms. The van der Waals surface area contributed by atoms with Gasteiger partial charge in [0.05, 0.1) is 30.8 Å². The molecule has 0 saturated carbocycles. The van der Waals surface area contributed by atoms with Gasteiger partial charge in [-0.05, 0) is 63.3 Å². The number of hydrogen-bond acceptors (Lipinski definition) is 5. The predicted octanol–water partition coefficient (Wildman–Crippen LogP) is 5.05. The van der Waals surface area contributed by atoms with Crippen molar-refractivity contribution in [3.63, 3.8) is 0 Å². The number of ether oxygens (including phenoxy) is 2. The van der Waals surface area contributed by atoms with Crippen LogP contribution in [0.4, 0.5) is 0 Å². The molecule has 1 unspecified atom stereocenters. The van der Waals surface area contributed by atoms with Gasteiger partial charge in [0, 0.05) is 18.7 Å². The summed E-state index contributed by atoms with van der Waals surface area (Å²) in [5.74, 6) is -0.363. The van der Waals surface area contributed by atoms with E-state index in [0.717, 1.165) is 43.4 Å². The number of carbonyl (C=O) groups excluding carboxylic acids is 1. The van der Waals surface area contributed by atoms with Crippen molar-refractivity contribution in [1.82, 2.24) is 4.90 Å². The van der Waals surface area contributed by atoms with Crippen molar-refractivity contribution in [2.75, 3.05) is 26.3 Å². The van der Waals surface area contributed by atoms with Crippen LogP contribution in [0.5, 0.6) is 0 Å². The van der Waals surface area contributed by atoms with Crippen LogP contribution in [0.1, 0.15) is 56.8 Å². The van der Waals surface area contributed by atoms with Crippen molar-refractivity contribution in [2.45, 2.75) is 63.2 Å². The number of carbonyl (C=O) groups is 1. The molecule has 4 atom stereocenters. The summed E-state index contributed by atoms with van der Waals surface area (Å²) in [5.41, 5.74) is 3.22. The van der Waals surface area contributed by atoms with Crippen molar-refractivity contribution in [3.8, 4) is 0 Å². The van der Waals surface area contributed by atoms with Crippen LogP contribution in [0.2, 0.25) is 0 Å². The maximum absolute atomic E-state index is 11.7. The summed E-state index contributed by atoms with van der Waals surface area (Å²) in [6.07, 6.45) is 13.1. The van der Waals surface area contributed by atoms with Crippen molar-refractivity contribution in [2.24, 2.45) is 0 Å². The molecule has 6 heteroatoms. The monoisotopic (exact) mass is 473 g/mol.